The van der Waals surface area contributed by atoms with Gasteiger partial charge in [-0.25, -0.2) is 4.99 Å². The van der Waals surface area contributed by atoms with E-state index in [1.807, 2.05) is 0 Å². The summed E-state index contributed by atoms with van der Waals surface area (Å²) in [5.41, 5.74) is -0.729. The molecule has 12 heteroatoms. The average molecular weight is 449 g/mol. The second-order valence-corrected chi connectivity index (χ2v) is 6.28. The third-order valence-electron chi connectivity index (χ3n) is 3.94. The van der Waals surface area contributed by atoms with E-state index in [9.17, 15) is 22.0 Å². The molecule has 0 aliphatic heterocycles. The van der Waals surface area contributed by atoms with Crippen LogP contribution in [0.1, 0.15) is 30.7 Å². The van der Waals surface area contributed by atoms with E-state index in [4.69, 9.17) is 4.74 Å². The van der Waals surface area contributed by atoms with Crippen molar-refractivity contribution in [3.63, 3.8) is 0 Å². The van der Waals surface area contributed by atoms with Crippen LogP contribution in [0.4, 0.5) is 22.0 Å². The van der Waals surface area contributed by atoms with E-state index in [0.29, 0.717) is 12.1 Å². The summed E-state index contributed by atoms with van der Waals surface area (Å²) in [5, 5.41) is 9.25. The fraction of sp³-hybridized carbons (Fsp3) is 0.474. The molecule has 0 amide bonds. The standard InChI is InChI=1S/C19H24F5N5O2/c1-4-25-18(27-10-13-11-29(3)28-16(13)19(22,23)24)26-9-12-7-6-8-14(30-5-2)15(12)31-17(20)21/h6-8,11,17H,4-5,9-10H2,1-3H3,(H2,25,26,27). The summed E-state index contributed by atoms with van der Waals surface area (Å²) < 4.78 is 76.1. The minimum atomic E-state index is -4.60. The number of nitrogens with zero attached hydrogens (tertiary/aromatic N) is 3. The summed E-state index contributed by atoms with van der Waals surface area (Å²) in [7, 11) is 1.39. The summed E-state index contributed by atoms with van der Waals surface area (Å²) in [6.45, 7) is 0.876. The average Bonchev–Trinajstić information content (AvgIpc) is 3.07. The zero-order chi connectivity index (χ0) is 23.0. The highest BCUT2D eigenvalue weighted by Gasteiger charge is 2.36. The number of hydrogen-bond acceptors (Lipinski definition) is 4. The molecule has 0 saturated carbocycles. The van der Waals surface area contributed by atoms with Gasteiger partial charge in [-0.3, -0.25) is 4.68 Å². The molecule has 1 aromatic heterocycles. The molecular weight excluding hydrogens is 425 g/mol. The number of aryl methyl sites for hydroxylation is 1. The third kappa shape index (κ3) is 7.00. The van der Waals surface area contributed by atoms with Gasteiger partial charge in [0.2, 0.25) is 0 Å². The number of benzene rings is 1. The molecule has 0 radical (unpaired) electrons. The number of para-hydroxylation sites is 1. The number of hydrogen-bond donors (Lipinski definition) is 2. The molecule has 2 rings (SSSR count). The molecule has 0 unspecified atom stereocenters. The number of halogens is 5. The van der Waals surface area contributed by atoms with Crippen molar-refractivity contribution in [2.75, 3.05) is 13.2 Å². The van der Waals surface area contributed by atoms with E-state index in [1.165, 1.54) is 19.3 Å². The number of rotatable bonds is 9. The predicted molar refractivity (Wildman–Crippen MR) is 104 cm³/mol. The molecule has 0 saturated heterocycles. The van der Waals surface area contributed by atoms with Crippen LogP contribution < -0.4 is 20.1 Å². The summed E-state index contributed by atoms with van der Waals surface area (Å²) in [6, 6.07) is 4.69. The number of ether oxygens (including phenoxy) is 2. The van der Waals surface area contributed by atoms with Crippen LogP contribution in [0.15, 0.2) is 29.4 Å². The maximum Gasteiger partial charge on any atom is 0.435 e. The first-order valence-electron chi connectivity index (χ1n) is 9.47. The van der Waals surface area contributed by atoms with Gasteiger partial charge in [-0.1, -0.05) is 12.1 Å². The summed E-state index contributed by atoms with van der Waals surface area (Å²) in [5.74, 6) is 0.243. The minimum absolute atomic E-state index is 0.0218. The van der Waals surface area contributed by atoms with Crippen molar-refractivity contribution in [3.05, 3.63) is 41.2 Å². The van der Waals surface area contributed by atoms with Gasteiger partial charge < -0.3 is 20.1 Å². The van der Waals surface area contributed by atoms with Gasteiger partial charge in [0.25, 0.3) is 0 Å². The van der Waals surface area contributed by atoms with Gasteiger partial charge in [-0.15, -0.1) is 0 Å². The van der Waals surface area contributed by atoms with E-state index < -0.39 is 18.5 Å². The van der Waals surface area contributed by atoms with Crippen LogP contribution in [0.3, 0.4) is 0 Å². The fourth-order valence-corrected chi connectivity index (χ4v) is 2.77. The van der Waals surface area contributed by atoms with Gasteiger partial charge >= 0.3 is 12.8 Å². The predicted octanol–water partition coefficient (Wildman–Crippen LogP) is 3.69. The van der Waals surface area contributed by atoms with Crippen LogP contribution in [-0.4, -0.2) is 35.5 Å². The third-order valence-corrected chi connectivity index (χ3v) is 3.94. The summed E-state index contributed by atoms with van der Waals surface area (Å²) >= 11 is 0. The first-order valence-corrected chi connectivity index (χ1v) is 9.47. The van der Waals surface area contributed by atoms with Crippen LogP contribution in [0.25, 0.3) is 0 Å². The van der Waals surface area contributed by atoms with Crippen molar-refractivity contribution in [2.45, 2.75) is 39.7 Å². The Balaban J connectivity index is 2.21. The van der Waals surface area contributed by atoms with Gasteiger partial charge in [0, 0.05) is 37.5 Å². The Labute approximate surface area is 176 Å². The Kier molecular flexibility index (Phi) is 8.46. The molecule has 0 fully saturated rings. The number of aliphatic imine (C=N–C) groups is 1. The SMILES string of the molecule is CCNC(=NCc1cn(C)nc1C(F)(F)F)NCc1cccc(OCC)c1OC(F)F. The van der Waals surface area contributed by atoms with E-state index in [0.717, 1.165) is 4.68 Å². The number of guanidine groups is 1. The van der Waals surface area contributed by atoms with Crippen molar-refractivity contribution >= 4 is 5.96 Å². The number of alkyl halides is 5. The Morgan fingerprint density at radius 1 is 1.19 bits per heavy atom. The largest absolute Gasteiger partial charge is 0.490 e. The zero-order valence-electron chi connectivity index (χ0n) is 17.3. The molecule has 31 heavy (non-hydrogen) atoms. The molecule has 1 aromatic carbocycles. The Morgan fingerprint density at radius 2 is 1.94 bits per heavy atom. The van der Waals surface area contributed by atoms with Gasteiger partial charge in [-0.05, 0) is 19.9 Å². The monoisotopic (exact) mass is 449 g/mol. The molecule has 1 heterocycles. The fourth-order valence-electron chi connectivity index (χ4n) is 2.77. The van der Waals surface area contributed by atoms with Crippen molar-refractivity contribution in [3.8, 4) is 11.5 Å². The van der Waals surface area contributed by atoms with E-state index in [-0.39, 0.29) is 42.7 Å². The molecule has 0 spiro atoms. The lowest BCUT2D eigenvalue weighted by Crippen LogP contribution is -2.37. The van der Waals surface area contributed by atoms with Crippen molar-refractivity contribution < 1.29 is 31.4 Å². The molecule has 0 aliphatic rings. The van der Waals surface area contributed by atoms with E-state index in [2.05, 4.69) is 25.5 Å². The molecular formula is C19H24F5N5O2. The first kappa shape index (κ1) is 24.2. The van der Waals surface area contributed by atoms with Crippen LogP contribution in [-0.2, 0) is 26.3 Å². The lowest BCUT2D eigenvalue weighted by molar-refractivity contribution is -0.142. The lowest BCUT2D eigenvalue weighted by atomic mass is 10.2. The van der Waals surface area contributed by atoms with Gasteiger partial charge in [0.15, 0.2) is 23.2 Å². The highest BCUT2D eigenvalue weighted by atomic mass is 19.4. The first-order chi connectivity index (χ1) is 14.7. The lowest BCUT2D eigenvalue weighted by Gasteiger charge is -2.17. The Hall–Kier alpha value is -3.05. The maximum atomic E-state index is 13.1. The van der Waals surface area contributed by atoms with Crippen molar-refractivity contribution in [1.29, 1.82) is 0 Å². The maximum absolute atomic E-state index is 13.1. The van der Waals surface area contributed by atoms with E-state index >= 15 is 0 Å². The molecule has 2 N–H and O–H groups in total. The van der Waals surface area contributed by atoms with Crippen LogP contribution in [0.5, 0.6) is 11.5 Å². The minimum Gasteiger partial charge on any atom is -0.490 e. The molecule has 172 valence electrons. The highest BCUT2D eigenvalue weighted by molar-refractivity contribution is 5.79. The second-order valence-electron chi connectivity index (χ2n) is 6.28. The van der Waals surface area contributed by atoms with E-state index in [1.54, 1.807) is 26.0 Å². The zero-order valence-corrected chi connectivity index (χ0v) is 17.3. The molecule has 7 nitrogen and oxygen atoms in total. The summed E-state index contributed by atoms with van der Waals surface area (Å²) in [4.78, 5) is 4.16. The number of aromatic nitrogens is 2. The Morgan fingerprint density at radius 3 is 2.55 bits per heavy atom. The molecule has 0 bridgehead atoms. The van der Waals surface area contributed by atoms with Crippen LogP contribution >= 0.6 is 0 Å². The highest BCUT2D eigenvalue weighted by Crippen LogP contribution is 2.33. The van der Waals surface area contributed by atoms with Crippen LogP contribution in [0.2, 0.25) is 0 Å². The smallest absolute Gasteiger partial charge is 0.435 e. The van der Waals surface area contributed by atoms with Gasteiger partial charge in [0.1, 0.15) is 0 Å². The topological polar surface area (TPSA) is 72.7 Å². The second kappa shape index (κ2) is 10.8. The van der Waals surface area contributed by atoms with Crippen molar-refractivity contribution in [1.82, 2.24) is 20.4 Å². The van der Waals surface area contributed by atoms with Gasteiger partial charge in [0.05, 0.1) is 13.2 Å². The van der Waals surface area contributed by atoms with Crippen molar-refractivity contribution in [2.24, 2.45) is 12.0 Å². The molecule has 0 atom stereocenters. The molecule has 0 aliphatic carbocycles. The Bertz CT molecular complexity index is 883. The quantitative estimate of drug-likeness (QED) is 0.347. The van der Waals surface area contributed by atoms with Crippen LogP contribution in [0, 0.1) is 0 Å². The number of nitrogens with one attached hydrogen (secondary N) is 2. The normalized spacial score (nSPS) is 12.2. The van der Waals surface area contributed by atoms with Gasteiger partial charge in [-0.2, -0.15) is 27.1 Å². The summed E-state index contributed by atoms with van der Waals surface area (Å²) in [6.07, 6.45) is -3.35. The molecule has 2 aromatic rings.